The maximum absolute atomic E-state index is 6.10. The molecule has 0 fully saturated rings. The fourth-order valence-corrected chi connectivity index (χ4v) is 3.11. The summed E-state index contributed by atoms with van der Waals surface area (Å²) in [6.45, 7) is 0. The smallest absolute Gasteiger partial charge is 0.161 e. The maximum atomic E-state index is 6.10. The predicted molar refractivity (Wildman–Crippen MR) is 100 cm³/mol. The molecule has 5 heteroatoms. The summed E-state index contributed by atoms with van der Waals surface area (Å²) >= 11 is 6.10. The number of aromatic nitrogens is 1. The van der Waals surface area contributed by atoms with Gasteiger partial charge >= 0.3 is 0 Å². The van der Waals surface area contributed by atoms with Crippen LogP contribution in [0, 0.1) is 0 Å². The molecule has 130 valence electrons. The topological polar surface area (TPSA) is 40.6 Å². The van der Waals surface area contributed by atoms with E-state index in [-0.39, 0.29) is 0 Å². The Morgan fingerprint density at radius 3 is 2.28 bits per heavy atom. The first-order chi connectivity index (χ1) is 12.2. The molecule has 1 heterocycles. The van der Waals surface area contributed by atoms with Crippen LogP contribution in [0.1, 0.15) is 16.8 Å². The van der Waals surface area contributed by atoms with Crippen LogP contribution in [0.2, 0.25) is 0 Å². The van der Waals surface area contributed by atoms with Gasteiger partial charge in [0.1, 0.15) is 5.75 Å². The van der Waals surface area contributed by atoms with E-state index in [1.807, 2.05) is 36.5 Å². The lowest BCUT2D eigenvalue weighted by molar-refractivity contribution is 0.356. The van der Waals surface area contributed by atoms with E-state index in [1.165, 1.54) is 0 Å². The minimum atomic E-state index is 0.387. The zero-order valence-electron chi connectivity index (χ0n) is 14.5. The predicted octanol–water partition coefficient (Wildman–Crippen LogP) is 4.59. The molecule has 0 N–H and O–H groups in total. The molecule has 0 radical (unpaired) electrons. The normalized spacial score (nSPS) is 10.7. The number of halogens is 1. The first kappa shape index (κ1) is 17.4. The summed E-state index contributed by atoms with van der Waals surface area (Å²) in [5.41, 5.74) is 3.05. The highest BCUT2D eigenvalue weighted by atomic mass is 35.5. The van der Waals surface area contributed by atoms with Gasteiger partial charge in [-0.25, -0.2) is 0 Å². The molecule has 0 amide bonds. The van der Waals surface area contributed by atoms with Crippen LogP contribution < -0.4 is 14.2 Å². The van der Waals surface area contributed by atoms with Crippen LogP contribution in [0.15, 0.2) is 42.6 Å². The van der Waals surface area contributed by atoms with Gasteiger partial charge in [-0.1, -0.05) is 12.1 Å². The van der Waals surface area contributed by atoms with Crippen molar-refractivity contribution >= 4 is 22.4 Å². The summed E-state index contributed by atoms with van der Waals surface area (Å²) in [4.78, 5) is 4.64. The molecule has 3 aromatic rings. The molecule has 1 aromatic heterocycles. The largest absolute Gasteiger partial charge is 0.497 e. The number of pyridine rings is 1. The van der Waals surface area contributed by atoms with E-state index in [4.69, 9.17) is 25.8 Å². The lowest BCUT2D eigenvalue weighted by atomic mass is 10.0. The second kappa shape index (κ2) is 7.62. The van der Waals surface area contributed by atoms with Gasteiger partial charge in [-0.3, -0.25) is 4.98 Å². The minimum absolute atomic E-state index is 0.387. The molecular weight excluding hydrogens is 338 g/mol. The number of alkyl halides is 1. The number of hydrogen-bond acceptors (Lipinski definition) is 4. The van der Waals surface area contributed by atoms with Crippen molar-refractivity contribution in [2.45, 2.75) is 12.3 Å². The number of nitrogens with zero attached hydrogens (tertiary/aromatic N) is 1. The van der Waals surface area contributed by atoms with Crippen molar-refractivity contribution in [1.82, 2.24) is 4.98 Å². The molecule has 0 saturated heterocycles. The number of methoxy groups -OCH3 is 3. The molecule has 25 heavy (non-hydrogen) atoms. The zero-order valence-corrected chi connectivity index (χ0v) is 15.3. The standard InChI is InChI=1S/C20H20ClNO3/c1-23-15-6-4-5-13(7-15)8-18-17-10-20(25-3)19(24-2)9-16(17)14(11-21)12-22-18/h4-7,9-10,12H,8,11H2,1-3H3. The Hall–Kier alpha value is -2.46. The third kappa shape index (κ3) is 3.49. The minimum Gasteiger partial charge on any atom is -0.497 e. The first-order valence-corrected chi connectivity index (χ1v) is 8.45. The molecule has 0 unspecified atom stereocenters. The van der Waals surface area contributed by atoms with Crippen molar-refractivity contribution in [2.24, 2.45) is 0 Å². The lowest BCUT2D eigenvalue weighted by Gasteiger charge is -2.14. The Morgan fingerprint density at radius 2 is 1.64 bits per heavy atom. The van der Waals surface area contributed by atoms with Crippen molar-refractivity contribution in [3.63, 3.8) is 0 Å². The third-order valence-electron chi connectivity index (χ3n) is 4.21. The van der Waals surface area contributed by atoms with Gasteiger partial charge in [-0.05, 0) is 40.8 Å². The Balaban J connectivity index is 2.14. The summed E-state index contributed by atoms with van der Waals surface area (Å²) in [6.07, 6.45) is 2.52. The van der Waals surface area contributed by atoms with Crippen LogP contribution in [0.4, 0.5) is 0 Å². The van der Waals surface area contributed by atoms with Gasteiger partial charge in [0.25, 0.3) is 0 Å². The van der Waals surface area contributed by atoms with E-state index in [1.54, 1.807) is 21.3 Å². The van der Waals surface area contributed by atoms with Gasteiger partial charge in [-0.15, -0.1) is 11.6 Å². The fourth-order valence-electron chi connectivity index (χ4n) is 2.90. The molecular formula is C20H20ClNO3. The van der Waals surface area contributed by atoms with Crippen LogP contribution >= 0.6 is 11.6 Å². The summed E-state index contributed by atoms with van der Waals surface area (Å²) in [5.74, 6) is 2.58. The van der Waals surface area contributed by atoms with E-state index in [2.05, 4.69) is 11.1 Å². The highest BCUT2D eigenvalue weighted by Crippen LogP contribution is 2.35. The van der Waals surface area contributed by atoms with Crippen molar-refractivity contribution in [3.05, 3.63) is 59.4 Å². The van der Waals surface area contributed by atoms with E-state index < -0.39 is 0 Å². The summed E-state index contributed by atoms with van der Waals surface area (Å²) < 4.78 is 16.2. The first-order valence-electron chi connectivity index (χ1n) is 7.91. The van der Waals surface area contributed by atoms with E-state index in [9.17, 15) is 0 Å². The molecule has 0 aliphatic rings. The second-order valence-electron chi connectivity index (χ2n) is 5.64. The molecule has 2 aromatic carbocycles. The number of benzene rings is 2. The average Bonchev–Trinajstić information content (AvgIpc) is 2.67. The quantitative estimate of drug-likeness (QED) is 0.605. The molecule has 0 atom stereocenters. The molecule has 0 bridgehead atoms. The molecule has 3 rings (SSSR count). The number of fused-ring (bicyclic) bond motifs is 1. The molecule has 0 spiro atoms. The Morgan fingerprint density at radius 1 is 0.920 bits per heavy atom. The Labute approximate surface area is 152 Å². The van der Waals surface area contributed by atoms with Gasteiger partial charge < -0.3 is 14.2 Å². The van der Waals surface area contributed by atoms with E-state index >= 15 is 0 Å². The summed E-state index contributed by atoms with van der Waals surface area (Å²) in [5, 5.41) is 2.04. The third-order valence-corrected chi connectivity index (χ3v) is 4.49. The van der Waals surface area contributed by atoms with Crippen LogP contribution in [0.5, 0.6) is 17.2 Å². The van der Waals surface area contributed by atoms with Crippen LogP contribution in [-0.2, 0) is 12.3 Å². The van der Waals surface area contributed by atoms with Crippen molar-refractivity contribution in [1.29, 1.82) is 0 Å². The summed E-state index contributed by atoms with van der Waals surface area (Å²) in [7, 11) is 4.92. The van der Waals surface area contributed by atoms with Crippen molar-refractivity contribution in [3.8, 4) is 17.2 Å². The number of rotatable bonds is 6. The highest BCUT2D eigenvalue weighted by Gasteiger charge is 2.13. The van der Waals surface area contributed by atoms with Crippen molar-refractivity contribution in [2.75, 3.05) is 21.3 Å². The van der Waals surface area contributed by atoms with Gasteiger partial charge in [-0.2, -0.15) is 0 Å². The van der Waals surface area contributed by atoms with Crippen LogP contribution in [-0.4, -0.2) is 26.3 Å². The lowest BCUT2D eigenvalue weighted by Crippen LogP contribution is -1.99. The second-order valence-corrected chi connectivity index (χ2v) is 5.91. The maximum Gasteiger partial charge on any atom is 0.161 e. The SMILES string of the molecule is COc1cccc(Cc2ncc(CCl)c3cc(OC)c(OC)cc23)c1. The highest BCUT2D eigenvalue weighted by molar-refractivity contribution is 6.18. The average molecular weight is 358 g/mol. The molecule has 0 aliphatic heterocycles. The van der Waals surface area contributed by atoms with E-state index in [0.29, 0.717) is 23.8 Å². The summed E-state index contributed by atoms with van der Waals surface area (Å²) in [6, 6.07) is 11.9. The van der Waals surface area contributed by atoms with Gasteiger partial charge in [0.15, 0.2) is 11.5 Å². The molecule has 0 aliphatic carbocycles. The van der Waals surface area contributed by atoms with Crippen molar-refractivity contribution < 1.29 is 14.2 Å². The zero-order chi connectivity index (χ0) is 17.8. The Bertz CT molecular complexity index is 895. The fraction of sp³-hybridized carbons (Fsp3) is 0.250. The van der Waals surface area contributed by atoms with Gasteiger partial charge in [0, 0.05) is 23.9 Å². The van der Waals surface area contributed by atoms with Gasteiger partial charge in [0.2, 0.25) is 0 Å². The van der Waals surface area contributed by atoms with Gasteiger partial charge in [0.05, 0.1) is 27.0 Å². The molecule has 0 saturated carbocycles. The molecule has 4 nitrogen and oxygen atoms in total. The van der Waals surface area contributed by atoms with Crippen LogP contribution in [0.25, 0.3) is 10.8 Å². The Kier molecular flexibility index (Phi) is 5.29. The monoisotopic (exact) mass is 357 g/mol. The van der Waals surface area contributed by atoms with Crippen LogP contribution in [0.3, 0.4) is 0 Å². The number of hydrogen-bond donors (Lipinski definition) is 0. The van der Waals surface area contributed by atoms with E-state index in [0.717, 1.165) is 33.3 Å². The number of ether oxygens (including phenoxy) is 3.